The first-order valence-electron chi connectivity index (χ1n) is 3.52. The second-order valence-corrected chi connectivity index (χ2v) is 2.32. The van der Waals surface area contributed by atoms with Gasteiger partial charge in [-0.15, -0.1) is 0 Å². The van der Waals surface area contributed by atoms with Crippen LogP contribution in [0, 0.1) is 17.3 Å². The van der Waals surface area contributed by atoms with Crippen LogP contribution in [0.1, 0.15) is 17.7 Å². The molecule has 0 fully saturated rings. The molecule has 0 N–H and O–H groups in total. The summed E-state index contributed by atoms with van der Waals surface area (Å²) in [5, 5.41) is 8.51. The molecule has 0 bridgehead atoms. The van der Waals surface area contributed by atoms with Crippen molar-refractivity contribution in [1.29, 1.82) is 5.26 Å². The Labute approximate surface area is 77.7 Å². The molecule has 14 heavy (non-hydrogen) atoms. The number of nitriles is 1. The van der Waals surface area contributed by atoms with Crippen LogP contribution in [0.5, 0.6) is 5.75 Å². The van der Waals surface area contributed by atoms with E-state index in [2.05, 4.69) is 9.72 Å². The Kier molecular flexibility index (Phi) is 2.92. The van der Waals surface area contributed by atoms with E-state index in [0.29, 0.717) is 0 Å². The predicted molar refractivity (Wildman–Crippen MR) is 40.4 cm³/mol. The van der Waals surface area contributed by atoms with E-state index in [9.17, 15) is 13.2 Å². The molecule has 74 valence electrons. The van der Waals surface area contributed by atoms with Crippen molar-refractivity contribution in [2.75, 3.05) is 7.11 Å². The maximum atomic E-state index is 12.6. The molecular formula is C8H5F3N2O. The summed E-state index contributed by atoms with van der Waals surface area (Å²) in [6.07, 6.45) is -2.98. The summed E-state index contributed by atoms with van der Waals surface area (Å²) in [6.45, 7) is 0. The number of nitrogens with zero attached hydrogens (tertiary/aromatic N) is 2. The Morgan fingerprint density at radius 1 is 1.57 bits per heavy atom. The van der Waals surface area contributed by atoms with Gasteiger partial charge in [0, 0.05) is 6.07 Å². The van der Waals surface area contributed by atoms with Crippen LogP contribution in [0.2, 0.25) is 0 Å². The van der Waals surface area contributed by atoms with E-state index >= 15 is 0 Å². The van der Waals surface area contributed by atoms with E-state index in [4.69, 9.17) is 5.26 Å². The Morgan fingerprint density at radius 2 is 2.21 bits per heavy atom. The van der Waals surface area contributed by atoms with Gasteiger partial charge in [-0.05, 0) is 0 Å². The molecular weight excluding hydrogens is 197 g/mol. The fraction of sp³-hybridized carbons (Fsp3) is 0.250. The fourth-order valence-electron chi connectivity index (χ4n) is 0.966. The van der Waals surface area contributed by atoms with E-state index in [1.807, 2.05) is 0 Å². The van der Waals surface area contributed by atoms with Gasteiger partial charge in [-0.1, -0.05) is 0 Å². The highest BCUT2D eigenvalue weighted by molar-refractivity contribution is 5.45. The van der Waals surface area contributed by atoms with Gasteiger partial charge >= 0.3 is 0 Å². The van der Waals surface area contributed by atoms with Crippen molar-refractivity contribution in [3.8, 4) is 11.8 Å². The van der Waals surface area contributed by atoms with E-state index in [1.165, 1.54) is 0 Å². The maximum absolute atomic E-state index is 12.6. The molecule has 0 amide bonds. The van der Waals surface area contributed by atoms with Crippen LogP contribution < -0.4 is 4.74 Å². The van der Waals surface area contributed by atoms with Gasteiger partial charge in [0.15, 0.2) is 11.4 Å². The average Bonchev–Trinajstić information content (AvgIpc) is 2.16. The Hall–Kier alpha value is -1.77. The van der Waals surface area contributed by atoms with Gasteiger partial charge in [0.05, 0.1) is 7.11 Å². The van der Waals surface area contributed by atoms with Crippen molar-refractivity contribution in [2.24, 2.45) is 0 Å². The number of ether oxygens (including phenoxy) is 1. The third-order valence-corrected chi connectivity index (χ3v) is 1.50. The number of hydrogen-bond donors (Lipinski definition) is 0. The smallest absolute Gasteiger partial charge is 0.284 e. The van der Waals surface area contributed by atoms with Crippen molar-refractivity contribution in [3.63, 3.8) is 0 Å². The molecule has 0 aliphatic heterocycles. The fourth-order valence-corrected chi connectivity index (χ4v) is 0.966. The Balaban J connectivity index is 3.41. The Morgan fingerprint density at radius 3 is 2.64 bits per heavy atom. The van der Waals surface area contributed by atoms with E-state index in [1.54, 1.807) is 6.07 Å². The van der Waals surface area contributed by atoms with Gasteiger partial charge in [0.25, 0.3) is 6.43 Å². The second kappa shape index (κ2) is 3.96. The molecule has 1 aromatic heterocycles. The number of methoxy groups -OCH3 is 1. The van der Waals surface area contributed by atoms with Crippen LogP contribution >= 0.6 is 0 Å². The van der Waals surface area contributed by atoms with Gasteiger partial charge in [-0.2, -0.15) is 9.65 Å². The second-order valence-electron chi connectivity index (χ2n) is 2.32. The van der Waals surface area contributed by atoms with Crippen LogP contribution in [-0.4, -0.2) is 12.1 Å². The first kappa shape index (κ1) is 10.3. The molecule has 0 aromatic carbocycles. The monoisotopic (exact) mass is 202 g/mol. The van der Waals surface area contributed by atoms with Crippen molar-refractivity contribution < 1.29 is 17.9 Å². The summed E-state index contributed by atoms with van der Waals surface area (Å²) < 4.78 is 41.8. The minimum Gasteiger partial charge on any atom is -0.493 e. The lowest BCUT2D eigenvalue weighted by molar-refractivity contribution is 0.140. The molecule has 1 aromatic rings. The lowest BCUT2D eigenvalue weighted by Gasteiger charge is -2.07. The van der Waals surface area contributed by atoms with E-state index in [-0.39, 0.29) is 11.3 Å². The summed E-state index contributed by atoms with van der Waals surface area (Å²) in [6, 6.07) is 2.29. The summed E-state index contributed by atoms with van der Waals surface area (Å²) >= 11 is 0. The quantitative estimate of drug-likeness (QED) is 0.689. The van der Waals surface area contributed by atoms with Crippen molar-refractivity contribution in [3.05, 3.63) is 23.3 Å². The molecule has 0 aliphatic carbocycles. The zero-order chi connectivity index (χ0) is 10.7. The largest absolute Gasteiger partial charge is 0.493 e. The van der Waals surface area contributed by atoms with Crippen LogP contribution in [0.15, 0.2) is 6.07 Å². The Bertz CT molecular complexity index is 387. The zero-order valence-corrected chi connectivity index (χ0v) is 7.09. The third-order valence-electron chi connectivity index (χ3n) is 1.50. The van der Waals surface area contributed by atoms with Gasteiger partial charge < -0.3 is 4.74 Å². The molecule has 0 saturated heterocycles. The standard InChI is InChI=1S/C8H5F3N2O/c1-14-7-4(3-12)2-5(9)13-6(7)8(10)11/h2,8H,1H3. The van der Waals surface area contributed by atoms with Crippen LogP contribution in [0.4, 0.5) is 13.2 Å². The minimum atomic E-state index is -2.98. The number of halogens is 3. The van der Waals surface area contributed by atoms with E-state index < -0.39 is 18.1 Å². The molecule has 0 spiro atoms. The number of rotatable bonds is 2. The van der Waals surface area contributed by atoms with Crippen LogP contribution in [-0.2, 0) is 0 Å². The van der Waals surface area contributed by atoms with E-state index in [0.717, 1.165) is 13.2 Å². The first-order chi connectivity index (χ1) is 6.60. The topological polar surface area (TPSA) is 45.9 Å². The summed E-state index contributed by atoms with van der Waals surface area (Å²) in [4.78, 5) is 2.96. The minimum absolute atomic E-state index is 0.296. The van der Waals surface area contributed by atoms with Crippen molar-refractivity contribution >= 4 is 0 Å². The van der Waals surface area contributed by atoms with Crippen LogP contribution in [0.25, 0.3) is 0 Å². The highest BCUT2D eigenvalue weighted by atomic mass is 19.3. The molecule has 3 nitrogen and oxygen atoms in total. The van der Waals surface area contributed by atoms with Crippen molar-refractivity contribution in [2.45, 2.75) is 6.43 Å². The van der Waals surface area contributed by atoms with Gasteiger partial charge in [-0.25, -0.2) is 13.8 Å². The first-order valence-corrected chi connectivity index (χ1v) is 3.52. The highest BCUT2D eigenvalue weighted by Crippen LogP contribution is 2.30. The molecule has 0 saturated carbocycles. The molecule has 0 radical (unpaired) electrons. The average molecular weight is 202 g/mol. The number of aromatic nitrogens is 1. The number of pyridine rings is 1. The summed E-state index contributed by atoms with van der Waals surface area (Å²) in [5.41, 5.74) is -1.15. The SMILES string of the molecule is COc1c(C#N)cc(F)nc1C(F)F. The van der Waals surface area contributed by atoms with Crippen molar-refractivity contribution in [1.82, 2.24) is 4.98 Å². The van der Waals surface area contributed by atoms with Gasteiger partial charge in [0.1, 0.15) is 11.6 Å². The zero-order valence-electron chi connectivity index (χ0n) is 7.09. The highest BCUT2D eigenvalue weighted by Gasteiger charge is 2.20. The molecule has 1 heterocycles. The summed E-state index contributed by atoms with van der Waals surface area (Å²) in [5.74, 6) is -1.51. The lowest BCUT2D eigenvalue weighted by atomic mass is 10.2. The van der Waals surface area contributed by atoms with Gasteiger partial charge in [0.2, 0.25) is 5.95 Å². The molecule has 0 aliphatic rings. The summed E-state index contributed by atoms with van der Waals surface area (Å²) in [7, 11) is 1.11. The normalized spacial score (nSPS) is 10.0. The predicted octanol–water partition coefficient (Wildman–Crippen LogP) is 2.04. The molecule has 6 heteroatoms. The maximum Gasteiger partial charge on any atom is 0.284 e. The third kappa shape index (κ3) is 1.76. The molecule has 0 atom stereocenters. The van der Waals surface area contributed by atoms with Gasteiger partial charge in [-0.3, -0.25) is 0 Å². The lowest BCUT2D eigenvalue weighted by Crippen LogP contribution is -2.01. The van der Waals surface area contributed by atoms with Crippen LogP contribution in [0.3, 0.4) is 0 Å². The number of hydrogen-bond acceptors (Lipinski definition) is 3. The number of alkyl halides is 2. The molecule has 1 rings (SSSR count). The molecule has 0 unspecified atom stereocenters.